The molecule has 1 aromatic carbocycles. The third-order valence-corrected chi connectivity index (χ3v) is 7.89. The molecule has 1 unspecified atom stereocenters. The Morgan fingerprint density at radius 1 is 1.36 bits per heavy atom. The first-order valence-corrected chi connectivity index (χ1v) is 12.9. The molecule has 0 aliphatic heterocycles. The molecule has 1 atom stereocenters. The summed E-state index contributed by atoms with van der Waals surface area (Å²) >= 11 is 4.28. The van der Waals surface area contributed by atoms with Crippen LogP contribution in [0.1, 0.15) is 12.5 Å². The summed E-state index contributed by atoms with van der Waals surface area (Å²) in [5.41, 5.74) is 2.40. The van der Waals surface area contributed by atoms with E-state index in [0.29, 0.717) is 33.4 Å². The number of hydrogen-bond donors (Lipinski definition) is 1. The number of amides is 1. The van der Waals surface area contributed by atoms with Crippen molar-refractivity contribution < 1.29 is 9.53 Å². The van der Waals surface area contributed by atoms with Gasteiger partial charge in [-0.05, 0) is 43.0 Å². The molecule has 0 fully saturated rings. The molecule has 1 N–H and O–H groups in total. The number of thioether (sulfide) groups is 1. The monoisotopic (exact) mass is 497 g/mol. The van der Waals surface area contributed by atoms with Crippen LogP contribution < -0.4 is 15.6 Å². The molecule has 0 aliphatic rings. The topological polar surface area (TPSA) is 73.2 Å². The highest BCUT2D eigenvalue weighted by atomic mass is 32.2. The van der Waals surface area contributed by atoms with E-state index in [1.54, 1.807) is 36.0 Å². The molecule has 6 nitrogen and oxygen atoms in total. The molecule has 33 heavy (non-hydrogen) atoms. The van der Waals surface area contributed by atoms with E-state index in [0.717, 1.165) is 16.0 Å². The Labute approximate surface area is 203 Å². The molecule has 0 spiro atoms. The minimum absolute atomic E-state index is 0.125. The van der Waals surface area contributed by atoms with Gasteiger partial charge in [-0.25, -0.2) is 4.98 Å². The first-order chi connectivity index (χ1) is 15.9. The molecule has 9 heteroatoms. The standard InChI is InChI=1S/C24H23N3O3S3/c1-5-10-27-23(29)20-16(19-7-6-11-31-19)13-32-22(20)26-24(27)33-15(3)21(28)25-17-12-14(2)8-9-18(17)30-4/h5-9,11-13,15H,1,10H2,2-4H3,(H,25,28). The maximum absolute atomic E-state index is 13.4. The third kappa shape index (κ3) is 4.75. The average molecular weight is 498 g/mol. The molecular formula is C24H23N3O3S3. The van der Waals surface area contributed by atoms with Gasteiger partial charge >= 0.3 is 0 Å². The Kier molecular flexibility index (Phi) is 7.02. The zero-order valence-electron chi connectivity index (χ0n) is 18.5. The number of aromatic nitrogens is 2. The molecule has 3 heterocycles. The number of allylic oxidation sites excluding steroid dienone is 1. The number of benzene rings is 1. The maximum Gasteiger partial charge on any atom is 0.263 e. The number of nitrogens with zero attached hydrogens (tertiary/aromatic N) is 2. The lowest BCUT2D eigenvalue weighted by Crippen LogP contribution is -2.26. The van der Waals surface area contributed by atoms with E-state index in [9.17, 15) is 9.59 Å². The molecule has 170 valence electrons. The summed E-state index contributed by atoms with van der Waals surface area (Å²) in [7, 11) is 1.57. The van der Waals surface area contributed by atoms with Crippen molar-refractivity contribution >= 4 is 56.2 Å². The van der Waals surface area contributed by atoms with E-state index in [2.05, 4.69) is 11.9 Å². The van der Waals surface area contributed by atoms with Gasteiger partial charge in [-0.1, -0.05) is 30.0 Å². The lowest BCUT2D eigenvalue weighted by Gasteiger charge is -2.16. The maximum atomic E-state index is 13.4. The van der Waals surface area contributed by atoms with Crippen LogP contribution in [0, 0.1) is 6.92 Å². The highest BCUT2D eigenvalue weighted by Crippen LogP contribution is 2.35. The van der Waals surface area contributed by atoms with Crippen molar-refractivity contribution in [3.05, 3.63) is 69.7 Å². The van der Waals surface area contributed by atoms with Gasteiger partial charge in [-0.3, -0.25) is 14.2 Å². The van der Waals surface area contributed by atoms with Crippen molar-refractivity contribution in [1.29, 1.82) is 0 Å². The lowest BCUT2D eigenvalue weighted by atomic mass is 10.2. The SMILES string of the molecule is C=CCn1c(SC(C)C(=O)Nc2cc(C)ccc2OC)nc2scc(-c3cccs3)c2c1=O. The van der Waals surface area contributed by atoms with Gasteiger partial charge in [0.2, 0.25) is 5.91 Å². The summed E-state index contributed by atoms with van der Waals surface area (Å²) in [5, 5.41) is 7.50. The van der Waals surface area contributed by atoms with Crippen molar-refractivity contribution in [2.24, 2.45) is 0 Å². The normalized spacial score (nSPS) is 12.0. The fourth-order valence-electron chi connectivity index (χ4n) is 3.36. The zero-order chi connectivity index (χ0) is 23.5. The van der Waals surface area contributed by atoms with E-state index < -0.39 is 5.25 Å². The Bertz CT molecular complexity index is 1370. The van der Waals surface area contributed by atoms with Gasteiger partial charge in [0.05, 0.1) is 23.4 Å². The summed E-state index contributed by atoms with van der Waals surface area (Å²) in [4.78, 5) is 32.8. The van der Waals surface area contributed by atoms with E-state index in [1.807, 2.05) is 48.0 Å². The number of fused-ring (bicyclic) bond motifs is 1. The molecule has 0 bridgehead atoms. The number of methoxy groups -OCH3 is 1. The smallest absolute Gasteiger partial charge is 0.263 e. The fraction of sp³-hybridized carbons (Fsp3) is 0.208. The fourth-order valence-corrected chi connectivity index (χ4v) is 6.09. The van der Waals surface area contributed by atoms with Gasteiger partial charge in [-0.15, -0.1) is 29.3 Å². The van der Waals surface area contributed by atoms with Crippen LogP contribution in [0.3, 0.4) is 0 Å². The van der Waals surface area contributed by atoms with Crippen molar-refractivity contribution in [3.63, 3.8) is 0 Å². The second kappa shape index (κ2) is 9.94. The number of aryl methyl sites for hydroxylation is 1. The Morgan fingerprint density at radius 2 is 2.18 bits per heavy atom. The van der Waals surface area contributed by atoms with Crippen LogP contribution in [0.25, 0.3) is 20.7 Å². The van der Waals surface area contributed by atoms with Crippen LogP contribution in [0.4, 0.5) is 5.69 Å². The summed E-state index contributed by atoms with van der Waals surface area (Å²) in [5.74, 6) is 0.391. The minimum atomic E-state index is -0.493. The highest BCUT2D eigenvalue weighted by molar-refractivity contribution is 8.00. The van der Waals surface area contributed by atoms with Gasteiger partial charge in [0.25, 0.3) is 5.56 Å². The zero-order valence-corrected chi connectivity index (χ0v) is 20.9. The van der Waals surface area contributed by atoms with Crippen LogP contribution in [-0.4, -0.2) is 27.8 Å². The van der Waals surface area contributed by atoms with Gasteiger partial charge in [0, 0.05) is 22.4 Å². The van der Waals surface area contributed by atoms with Crippen molar-refractivity contribution in [2.75, 3.05) is 12.4 Å². The number of nitrogens with one attached hydrogen (secondary N) is 1. The molecule has 0 radical (unpaired) electrons. The molecule has 4 aromatic rings. The first kappa shape index (κ1) is 23.3. The quantitative estimate of drug-likeness (QED) is 0.189. The molecule has 3 aromatic heterocycles. The van der Waals surface area contributed by atoms with E-state index in [4.69, 9.17) is 9.72 Å². The van der Waals surface area contributed by atoms with E-state index in [-0.39, 0.29) is 11.5 Å². The Hall–Kier alpha value is -2.88. The number of ether oxygens (including phenoxy) is 1. The van der Waals surface area contributed by atoms with E-state index >= 15 is 0 Å². The number of hydrogen-bond acceptors (Lipinski definition) is 7. The van der Waals surface area contributed by atoms with Crippen LogP contribution in [-0.2, 0) is 11.3 Å². The second-order valence-corrected chi connectivity index (χ2v) is 10.5. The number of carbonyl (C=O) groups excluding carboxylic acids is 1. The van der Waals surface area contributed by atoms with Crippen molar-refractivity contribution in [1.82, 2.24) is 9.55 Å². The number of anilines is 1. The minimum Gasteiger partial charge on any atom is -0.495 e. The van der Waals surface area contributed by atoms with Gasteiger partial charge in [0.1, 0.15) is 10.6 Å². The summed E-state index contributed by atoms with van der Waals surface area (Å²) < 4.78 is 6.94. The second-order valence-electron chi connectivity index (χ2n) is 7.36. The Balaban J connectivity index is 1.66. The average Bonchev–Trinajstić information content (AvgIpc) is 3.46. The van der Waals surface area contributed by atoms with Gasteiger partial charge < -0.3 is 10.1 Å². The molecular weight excluding hydrogens is 474 g/mol. The summed E-state index contributed by atoms with van der Waals surface area (Å²) in [6.45, 7) is 7.84. The number of thiophene rings is 2. The number of rotatable bonds is 8. The molecule has 0 aliphatic carbocycles. The van der Waals surface area contributed by atoms with Gasteiger partial charge in [0.15, 0.2) is 5.16 Å². The molecule has 4 rings (SSSR count). The first-order valence-electron chi connectivity index (χ1n) is 10.2. The predicted octanol–water partition coefficient (Wildman–Crippen LogP) is 5.81. The van der Waals surface area contributed by atoms with E-state index in [1.165, 1.54) is 23.1 Å². The summed E-state index contributed by atoms with van der Waals surface area (Å²) in [6.07, 6.45) is 1.67. The van der Waals surface area contributed by atoms with Crippen molar-refractivity contribution in [3.8, 4) is 16.2 Å². The predicted molar refractivity (Wildman–Crippen MR) is 139 cm³/mol. The molecule has 0 saturated carbocycles. The van der Waals surface area contributed by atoms with Crippen LogP contribution in [0.5, 0.6) is 5.75 Å². The summed E-state index contributed by atoms with van der Waals surface area (Å²) in [6, 6.07) is 9.57. The third-order valence-electron chi connectivity index (χ3n) is 5.02. The van der Waals surface area contributed by atoms with Crippen LogP contribution in [0.15, 0.2) is 63.7 Å². The highest BCUT2D eigenvalue weighted by Gasteiger charge is 2.22. The molecule has 0 saturated heterocycles. The largest absolute Gasteiger partial charge is 0.495 e. The van der Waals surface area contributed by atoms with Crippen molar-refractivity contribution in [2.45, 2.75) is 30.8 Å². The Morgan fingerprint density at radius 3 is 2.88 bits per heavy atom. The van der Waals surface area contributed by atoms with Gasteiger partial charge in [-0.2, -0.15) is 0 Å². The van der Waals surface area contributed by atoms with Crippen LogP contribution in [0.2, 0.25) is 0 Å². The number of carbonyl (C=O) groups is 1. The molecule has 1 amide bonds. The van der Waals surface area contributed by atoms with Crippen LogP contribution >= 0.6 is 34.4 Å². The lowest BCUT2D eigenvalue weighted by molar-refractivity contribution is -0.115.